The third-order valence-corrected chi connectivity index (χ3v) is 5.54. The van der Waals surface area contributed by atoms with Gasteiger partial charge in [0.25, 0.3) is 0 Å². The van der Waals surface area contributed by atoms with Crippen molar-refractivity contribution in [3.05, 3.63) is 33.8 Å². The quantitative estimate of drug-likeness (QED) is 0.798. The minimum Gasteiger partial charge on any atom is -0.392 e. The van der Waals surface area contributed by atoms with Gasteiger partial charge in [-0.15, -0.1) is 0 Å². The zero-order chi connectivity index (χ0) is 13.8. The average molecular weight is 351 g/mol. The van der Waals surface area contributed by atoms with Crippen LogP contribution in [0.4, 0.5) is 8.78 Å². The standard InChI is InChI=1S/C14H17BrF2OS/c15-12-5-6-13(16)11(14(12)17)7-9(18)8-19-10-3-1-2-4-10/h5-6,9-10,18H,1-4,7-8H2. The molecule has 106 valence electrons. The van der Waals surface area contributed by atoms with Gasteiger partial charge in [0.05, 0.1) is 10.6 Å². The summed E-state index contributed by atoms with van der Waals surface area (Å²) >= 11 is 4.76. The van der Waals surface area contributed by atoms with Gasteiger partial charge < -0.3 is 5.11 Å². The molecule has 0 aromatic heterocycles. The number of benzene rings is 1. The first-order valence-corrected chi connectivity index (χ1v) is 8.34. The third kappa shape index (κ3) is 4.17. The maximum absolute atomic E-state index is 13.8. The van der Waals surface area contributed by atoms with Gasteiger partial charge in [-0.3, -0.25) is 0 Å². The lowest BCUT2D eigenvalue weighted by atomic mass is 10.1. The highest BCUT2D eigenvalue weighted by Gasteiger charge is 2.20. The first-order chi connectivity index (χ1) is 9.08. The van der Waals surface area contributed by atoms with Gasteiger partial charge in [-0.25, -0.2) is 8.78 Å². The molecule has 0 aliphatic heterocycles. The molecule has 1 fully saturated rings. The molecule has 1 saturated carbocycles. The van der Waals surface area contributed by atoms with Crippen LogP contribution >= 0.6 is 27.7 Å². The van der Waals surface area contributed by atoms with Gasteiger partial charge in [0.1, 0.15) is 11.6 Å². The van der Waals surface area contributed by atoms with E-state index in [-0.39, 0.29) is 16.5 Å². The summed E-state index contributed by atoms with van der Waals surface area (Å²) in [5.74, 6) is -0.661. The number of halogens is 3. The topological polar surface area (TPSA) is 20.2 Å². The summed E-state index contributed by atoms with van der Waals surface area (Å²) < 4.78 is 27.5. The monoisotopic (exact) mass is 350 g/mol. The van der Waals surface area contributed by atoms with Gasteiger partial charge in [-0.05, 0) is 40.9 Å². The van der Waals surface area contributed by atoms with Crippen LogP contribution in [-0.4, -0.2) is 22.2 Å². The molecule has 1 unspecified atom stereocenters. The van der Waals surface area contributed by atoms with Crippen LogP contribution in [0.5, 0.6) is 0 Å². The lowest BCUT2D eigenvalue weighted by molar-refractivity contribution is 0.197. The Balaban J connectivity index is 1.91. The largest absolute Gasteiger partial charge is 0.392 e. The lowest BCUT2D eigenvalue weighted by Gasteiger charge is -2.15. The maximum atomic E-state index is 13.8. The Bertz CT molecular complexity index is 436. The fourth-order valence-corrected chi connectivity index (χ4v) is 4.00. The predicted molar refractivity (Wildman–Crippen MR) is 78.5 cm³/mol. The maximum Gasteiger partial charge on any atom is 0.143 e. The highest BCUT2D eigenvalue weighted by atomic mass is 79.9. The molecule has 0 spiro atoms. The number of thioether (sulfide) groups is 1. The molecule has 1 aliphatic carbocycles. The molecule has 1 aromatic carbocycles. The molecule has 1 aromatic rings. The van der Waals surface area contributed by atoms with Crippen LogP contribution in [0.25, 0.3) is 0 Å². The molecule has 19 heavy (non-hydrogen) atoms. The van der Waals surface area contributed by atoms with Crippen LogP contribution in [0.2, 0.25) is 0 Å². The van der Waals surface area contributed by atoms with Crippen LogP contribution in [0.1, 0.15) is 31.2 Å². The highest BCUT2D eigenvalue weighted by molar-refractivity contribution is 9.10. The Labute approximate surface area is 124 Å². The molecule has 5 heteroatoms. The summed E-state index contributed by atoms with van der Waals surface area (Å²) in [6, 6.07) is 2.56. The molecule has 0 radical (unpaired) electrons. The van der Waals surface area contributed by atoms with Crippen LogP contribution in [0, 0.1) is 11.6 Å². The van der Waals surface area contributed by atoms with E-state index in [1.807, 2.05) is 0 Å². The molecule has 1 atom stereocenters. The van der Waals surface area contributed by atoms with Crippen molar-refractivity contribution in [1.29, 1.82) is 0 Å². The Morgan fingerprint density at radius 2 is 2.00 bits per heavy atom. The van der Waals surface area contributed by atoms with E-state index in [4.69, 9.17) is 0 Å². The van der Waals surface area contributed by atoms with E-state index in [0.29, 0.717) is 11.0 Å². The van der Waals surface area contributed by atoms with Gasteiger partial charge in [0, 0.05) is 23.0 Å². The molecule has 1 N–H and O–H groups in total. The van der Waals surface area contributed by atoms with Crippen molar-refractivity contribution in [2.45, 2.75) is 43.5 Å². The number of hydrogen-bond acceptors (Lipinski definition) is 2. The Morgan fingerprint density at radius 1 is 1.32 bits per heavy atom. The second kappa shape index (κ2) is 7.04. The summed E-state index contributed by atoms with van der Waals surface area (Å²) in [5, 5.41) is 10.5. The van der Waals surface area contributed by atoms with Gasteiger partial charge in [-0.2, -0.15) is 11.8 Å². The molecule has 0 saturated heterocycles. The minimum atomic E-state index is -0.705. The normalized spacial score (nSPS) is 17.9. The van der Waals surface area contributed by atoms with Gasteiger partial charge >= 0.3 is 0 Å². The zero-order valence-electron chi connectivity index (χ0n) is 10.5. The molecule has 1 nitrogen and oxygen atoms in total. The zero-order valence-corrected chi connectivity index (χ0v) is 12.9. The summed E-state index contributed by atoms with van der Waals surface area (Å²) in [7, 11) is 0. The van der Waals surface area contributed by atoms with Crippen molar-refractivity contribution < 1.29 is 13.9 Å². The molecular weight excluding hydrogens is 334 g/mol. The fraction of sp³-hybridized carbons (Fsp3) is 0.571. The van der Waals surface area contributed by atoms with Gasteiger partial charge in [0.15, 0.2) is 0 Å². The third-order valence-electron chi connectivity index (χ3n) is 3.41. The lowest BCUT2D eigenvalue weighted by Crippen LogP contribution is -2.17. The molecule has 0 amide bonds. The summed E-state index contributed by atoms with van der Waals surface area (Å²) in [4.78, 5) is 0. The predicted octanol–water partition coefficient (Wildman–Crippen LogP) is 4.31. The molecule has 0 bridgehead atoms. The van der Waals surface area contributed by atoms with Crippen molar-refractivity contribution in [3.8, 4) is 0 Å². The molecule has 0 heterocycles. The first kappa shape index (κ1) is 15.3. The summed E-state index contributed by atoms with van der Waals surface area (Å²) in [6.45, 7) is 0. The van der Waals surface area contributed by atoms with Crippen molar-refractivity contribution in [1.82, 2.24) is 0 Å². The first-order valence-electron chi connectivity index (χ1n) is 6.50. The van der Waals surface area contributed by atoms with E-state index in [0.717, 1.165) is 0 Å². The SMILES string of the molecule is OC(CSC1CCCC1)Cc1c(F)ccc(Br)c1F. The van der Waals surface area contributed by atoms with E-state index < -0.39 is 17.7 Å². The van der Waals surface area contributed by atoms with Crippen LogP contribution < -0.4 is 0 Å². The number of aliphatic hydroxyl groups excluding tert-OH is 1. The number of hydrogen-bond donors (Lipinski definition) is 1. The Morgan fingerprint density at radius 3 is 2.68 bits per heavy atom. The molecular formula is C14H17BrF2OS. The van der Waals surface area contributed by atoms with E-state index in [1.54, 1.807) is 11.8 Å². The molecule has 1 aliphatic rings. The Hall–Kier alpha value is -0.130. The van der Waals surface area contributed by atoms with Crippen molar-refractivity contribution in [2.24, 2.45) is 0 Å². The van der Waals surface area contributed by atoms with E-state index in [9.17, 15) is 13.9 Å². The highest BCUT2D eigenvalue weighted by Crippen LogP contribution is 2.30. The second-order valence-corrected chi connectivity index (χ2v) is 7.11. The van der Waals surface area contributed by atoms with Crippen molar-refractivity contribution >= 4 is 27.7 Å². The smallest absolute Gasteiger partial charge is 0.143 e. The average Bonchev–Trinajstić information content (AvgIpc) is 2.90. The number of aliphatic hydroxyl groups is 1. The number of rotatable bonds is 5. The van der Waals surface area contributed by atoms with Gasteiger partial charge in [0.2, 0.25) is 0 Å². The van der Waals surface area contributed by atoms with Crippen molar-refractivity contribution in [3.63, 3.8) is 0 Å². The molecule has 2 rings (SSSR count). The Kier molecular flexibility index (Phi) is 5.66. The summed E-state index contributed by atoms with van der Waals surface area (Å²) in [5.41, 5.74) is -0.0334. The van der Waals surface area contributed by atoms with Crippen LogP contribution in [0.15, 0.2) is 16.6 Å². The van der Waals surface area contributed by atoms with Crippen molar-refractivity contribution in [2.75, 3.05) is 5.75 Å². The fourth-order valence-electron chi connectivity index (χ4n) is 2.35. The van der Waals surface area contributed by atoms with Crippen LogP contribution in [0.3, 0.4) is 0 Å². The van der Waals surface area contributed by atoms with Crippen LogP contribution in [-0.2, 0) is 6.42 Å². The van der Waals surface area contributed by atoms with E-state index in [2.05, 4.69) is 15.9 Å². The second-order valence-electron chi connectivity index (χ2n) is 4.92. The van der Waals surface area contributed by atoms with Gasteiger partial charge in [-0.1, -0.05) is 12.8 Å². The van der Waals surface area contributed by atoms with E-state index >= 15 is 0 Å². The van der Waals surface area contributed by atoms with E-state index in [1.165, 1.54) is 37.8 Å². The minimum absolute atomic E-state index is 0.0246. The summed E-state index contributed by atoms with van der Waals surface area (Å²) in [6.07, 6.45) is 4.21.